The molecular weight excluding hydrogens is 378 g/mol. The molecule has 2 aliphatic heterocycles. The van der Waals surface area contributed by atoms with Gasteiger partial charge >= 0.3 is 0 Å². The fraction of sp³-hybridized carbons (Fsp3) is 0.682. The van der Waals surface area contributed by atoms with E-state index in [-0.39, 0.29) is 0 Å². The molecule has 3 fully saturated rings. The monoisotopic (exact) mass is 411 g/mol. The number of nitrogens with zero attached hydrogens (tertiary/aromatic N) is 5. The van der Waals surface area contributed by atoms with Gasteiger partial charge in [-0.3, -0.25) is 5.10 Å². The normalized spacial score (nSPS) is 21.6. The van der Waals surface area contributed by atoms with Crippen LogP contribution in [0.3, 0.4) is 0 Å². The standard InChI is InChI=1S/C22H33N7O/c1-28(18-5-10-29(11-6-18)15-16-7-12-30-13-8-16)22-23-9-4-20(25-22)24-21-14-19(26-27-21)17-2-3-17/h4,9,14,16-18H,2-3,5-8,10-13,15H2,1H3,(H2,23,24,25,26,27). The van der Waals surface area contributed by atoms with E-state index in [0.29, 0.717) is 12.0 Å². The highest BCUT2D eigenvalue weighted by Crippen LogP contribution is 2.39. The molecule has 0 aromatic carbocycles. The molecule has 8 nitrogen and oxygen atoms in total. The third-order valence-electron chi connectivity index (χ3n) is 6.79. The lowest BCUT2D eigenvalue weighted by atomic mass is 9.97. The van der Waals surface area contributed by atoms with Gasteiger partial charge in [-0.25, -0.2) is 4.98 Å². The van der Waals surface area contributed by atoms with Gasteiger partial charge in [0.05, 0.1) is 0 Å². The molecule has 2 saturated heterocycles. The van der Waals surface area contributed by atoms with Gasteiger partial charge in [0, 0.05) is 69.8 Å². The van der Waals surface area contributed by atoms with Crippen molar-refractivity contribution in [1.29, 1.82) is 0 Å². The van der Waals surface area contributed by atoms with Crippen molar-refractivity contribution in [3.8, 4) is 0 Å². The summed E-state index contributed by atoms with van der Waals surface area (Å²) in [7, 11) is 2.12. The minimum absolute atomic E-state index is 0.484. The van der Waals surface area contributed by atoms with Gasteiger partial charge < -0.3 is 19.9 Å². The summed E-state index contributed by atoms with van der Waals surface area (Å²) in [6.07, 6.45) is 9.10. The van der Waals surface area contributed by atoms with Crippen molar-refractivity contribution in [3.05, 3.63) is 24.0 Å². The predicted octanol–water partition coefficient (Wildman–Crippen LogP) is 3.15. The molecule has 1 saturated carbocycles. The maximum atomic E-state index is 5.50. The summed E-state index contributed by atoms with van der Waals surface area (Å²) in [6, 6.07) is 4.48. The Bertz CT molecular complexity index is 822. The number of hydrogen-bond acceptors (Lipinski definition) is 7. The van der Waals surface area contributed by atoms with Crippen molar-refractivity contribution in [3.63, 3.8) is 0 Å². The first-order chi connectivity index (χ1) is 14.7. The van der Waals surface area contributed by atoms with Crippen LogP contribution >= 0.6 is 0 Å². The van der Waals surface area contributed by atoms with E-state index in [4.69, 9.17) is 9.72 Å². The number of H-pyrrole nitrogens is 1. The van der Waals surface area contributed by atoms with Crippen LogP contribution in [-0.4, -0.2) is 71.0 Å². The summed E-state index contributed by atoms with van der Waals surface area (Å²) < 4.78 is 5.50. The molecule has 0 bridgehead atoms. The second kappa shape index (κ2) is 8.89. The Morgan fingerprint density at radius 3 is 2.70 bits per heavy atom. The average Bonchev–Trinajstić information content (AvgIpc) is 3.54. The summed E-state index contributed by atoms with van der Waals surface area (Å²) >= 11 is 0. The third-order valence-corrected chi connectivity index (χ3v) is 6.79. The number of anilines is 3. The van der Waals surface area contributed by atoms with Gasteiger partial charge in [0.15, 0.2) is 5.82 Å². The van der Waals surface area contributed by atoms with Crippen molar-refractivity contribution < 1.29 is 4.74 Å². The van der Waals surface area contributed by atoms with Crippen LogP contribution in [0.2, 0.25) is 0 Å². The minimum Gasteiger partial charge on any atom is -0.381 e. The topological polar surface area (TPSA) is 82.2 Å². The molecule has 30 heavy (non-hydrogen) atoms. The second-order valence-corrected chi connectivity index (χ2v) is 9.05. The Balaban J connectivity index is 1.15. The number of hydrogen-bond donors (Lipinski definition) is 2. The van der Waals surface area contributed by atoms with Crippen molar-refractivity contribution in [2.75, 3.05) is 50.1 Å². The minimum atomic E-state index is 0.484. The molecule has 0 amide bonds. The molecule has 5 rings (SSSR count). The molecule has 8 heteroatoms. The number of piperidine rings is 1. The summed E-state index contributed by atoms with van der Waals surface area (Å²) in [6.45, 7) is 5.41. The molecule has 162 valence electrons. The number of nitrogens with one attached hydrogen (secondary N) is 2. The molecule has 1 aliphatic carbocycles. The SMILES string of the molecule is CN(c1nccc(Nc2cc(C3CC3)[nH]n2)n1)C1CCN(CC2CCOCC2)CC1. The summed E-state index contributed by atoms with van der Waals surface area (Å²) in [5, 5.41) is 10.8. The fourth-order valence-electron chi connectivity index (χ4n) is 4.67. The predicted molar refractivity (Wildman–Crippen MR) is 117 cm³/mol. The largest absolute Gasteiger partial charge is 0.381 e. The Morgan fingerprint density at radius 2 is 1.93 bits per heavy atom. The van der Waals surface area contributed by atoms with Crippen LogP contribution in [0, 0.1) is 5.92 Å². The number of aromatic nitrogens is 4. The average molecular weight is 412 g/mol. The first kappa shape index (κ1) is 19.8. The number of aromatic amines is 1. The van der Waals surface area contributed by atoms with Gasteiger partial charge in [0.25, 0.3) is 0 Å². The van der Waals surface area contributed by atoms with Crippen molar-refractivity contribution in [2.24, 2.45) is 5.92 Å². The van der Waals surface area contributed by atoms with Crippen LogP contribution in [0.15, 0.2) is 18.3 Å². The quantitative estimate of drug-likeness (QED) is 0.724. The molecule has 0 spiro atoms. The Labute approximate surface area is 178 Å². The maximum absolute atomic E-state index is 5.50. The lowest BCUT2D eigenvalue weighted by molar-refractivity contribution is 0.0488. The summed E-state index contributed by atoms with van der Waals surface area (Å²) in [5.41, 5.74) is 1.22. The van der Waals surface area contributed by atoms with E-state index in [0.717, 1.165) is 62.6 Å². The Hall–Kier alpha value is -2.19. The molecule has 0 unspecified atom stereocenters. The molecule has 2 N–H and O–H groups in total. The molecule has 0 radical (unpaired) electrons. The lowest BCUT2D eigenvalue weighted by Crippen LogP contribution is -2.45. The zero-order valence-corrected chi connectivity index (χ0v) is 17.9. The van der Waals surface area contributed by atoms with Crippen molar-refractivity contribution in [2.45, 2.75) is 50.5 Å². The van der Waals surface area contributed by atoms with Crippen LogP contribution in [0.25, 0.3) is 0 Å². The van der Waals surface area contributed by atoms with Crippen molar-refractivity contribution >= 4 is 17.6 Å². The van der Waals surface area contributed by atoms with Crippen LogP contribution in [0.1, 0.15) is 50.1 Å². The van der Waals surface area contributed by atoms with Gasteiger partial charge in [-0.1, -0.05) is 0 Å². The van der Waals surface area contributed by atoms with Crippen molar-refractivity contribution in [1.82, 2.24) is 25.1 Å². The molecule has 2 aromatic heterocycles. The lowest BCUT2D eigenvalue weighted by Gasteiger charge is -2.38. The molecule has 4 heterocycles. The highest BCUT2D eigenvalue weighted by Gasteiger charge is 2.27. The van der Waals surface area contributed by atoms with E-state index < -0.39 is 0 Å². The van der Waals surface area contributed by atoms with Crippen LogP contribution in [0.4, 0.5) is 17.6 Å². The van der Waals surface area contributed by atoms with Gasteiger partial charge in [-0.05, 0) is 50.5 Å². The third kappa shape index (κ3) is 4.75. The van der Waals surface area contributed by atoms with Gasteiger partial charge in [0.2, 0.25) is 5.95 Å². The van der Waals surface area contributed by atoms with Crippen LogP contribution < -0.4 is 10.2 Å². The van der Waals surface area contributed by atoms with Gasteiger partial charge in [0.1, 0.15) is 5.82 Å². The van der Waals surface area contributed by atoms with E-state index in [9.17, 15) is 0 Å². The zero-order chi connectivity index (χ0) is 20.3. The van der Waals surface area contributed by atoms with E-state index >= 15 is 0 Å². The van der Waals surface area contributed by atoms with Crippen LogP contribution in [-0.2, 0) is 4.74 Å². The molecule has 2 aromatic rings. The molecule has 0 atom stereocenters. The van der Waals surface area contributed by atoms with Gasteiger partial charge in [-0.15, -0.1) is 0 Å². The summed E-state index contributed by atoms with van der Waals surface area (Å²) in [4.78, 5) is 14.2. The van der Waals surface area contributed by atoms with E-state index in [1.807, 2.05) is 12.3 Å². The smallest absolute Gasteiger partial charge is 0.227 e. The summed E-state index contributed by atoms with van der Waals surface area (Å²) in [5.74, 6) is 3.86. The number of rotatable bonds is 7. The number of ether oxygens (including phenoxy) is 1. The molecular formula is C22H33N7O. The van der Waals surface area contributed by atoms with Gasteiger partial charge in [-0.2, -0.15) is 10.1 Å². The maximum Gasteiger partial charge on any atom is 0.227 e. The fourth-order valence-corrected chi connectivity index (χ4v) is 4.67. The zero-order valence-electron chi connectivity index (χ0n) is 17.9. The first-order valence-electron chi connectivity index (χ1n) is 11.4. The Morgan fingerprint density at radius 1 is 1.13 bits per heavy atom. The highest BCUT2D eigenvalue weighted by atomic mass is 16.5. The second-order valence-electron chi connectivity index (χ2n) is 9.05. The first-order valence-corrected chi connectivity index (χ1v) is 11.4. The van der Waals surface area contributed by atoms with E-state index in [1.165, 1.54) is 37.9 Å². The molecule has 3 aliphatic rings. The number of likely N-dealkylation sites (tertiary alicyclic amines) is 1. The van der Waals surface area contributed by atoms with E-state index in [2.05, 4.69) is 43.4 Å². The highest BCUT2D eigenvalue weighted by molar-refractivity contribution is 5.53. The Kier molecular flexibility index (Phi) is 5.86. The van der Waals surface area contributed by atoms with Crippen LogP contribution in [0.5, 0.6) is 0 Å². The van der Waals surface area contributed by atoms with E-state index in [1.54, 1.807) is 0 Å².